The number of rotatable bonds is 5. The predicted molar refractivity (Wildman–Crippen MR) is 144 cm³/mol. The topological polar surface area (TPSA) is 86.9 Å². The first-order valence-electron chi connectivity index (χ1n) is 12.1. The van der Waals surface area contributed by atoms with Crippen LogP contribution in [0.25, 0.3) is 22.4 Å². The minimum atomic E-state index is -0.382. The minimum Gasteiger partial charge on any atom is -0.338 e. The van der Waals surface area contributed by atoms with Crippen molar-refractivity contribution in [3.63, 3.8) is 0 Å². The number of anilines is 2. The van der Waals surface area contributed by atoms with Gasteiger partial charge in [0.2, 0.25) is 5.91 Å². The number of fused-ring (bicyclic) bond motifs is 3. The van der Waals surface area contributed by atoms with Crippen LogP contribution >= 0.6 is 23.2 Å². The van der Waals surface area contributed by atoms with Gasteiger partial charge in [0.05, 0.1) is 26.6 Å². The summed E-state index contributed by atoms with van der Waals surface area (Å²) in [5.74, 6) is 1.92. The number of hydrogen-bond acceptors (Lipinski definition) is 3. The molecule has 8 heteroatoms. The molecule has 3 N–H and O–H groups in total. The van der Waals surface area contributed by atoms with E-state index in [0.29, 0.717) is 27.5 Å². The minimum absolute atomic E-state index is 0.145. The molecule has 182 valence electrons. The first-order valence-corrected chi connectivity index (χ1v) is 12.9. The molecule has 2 saturated carbocycles. The van der Waals surface area contributed by atoms with Gasteiger partial charge in [-0.05, 0) is 85.7 Å². The van der Waals surface area contributed by atoms with E-state index in [0.717, 1.165) is 34.6 Å². The summed E-state index contributed by atoms with van der Waals surface area (Å²) in [5, 5.41) is 6.52. The van der Waals surface area contributed by atoms with E-state index in [9.17, 15) is 9.59 Å². The van der Waals surface area contributed by atoms with Gasteiger partial charge in [0.25, 0.3) is 5.91 Å². The first-order chi connectivity index (χ1) is 17.4. The summed E-state index contributed by atoms with van der Waals surface area (Å²) < 4.78 is 0. The highest BCUT2D eigenvalue weighted by molar-refractivity contribution is 6.40. The number of imidazole rings is 1. The molecule has 1 aromatic heterocycles. The SMILES string of the molecule is O=C(Nc1ccc2nc(-c3ccc(NC(=O)C4CC5CCC4C5)cc3)[nH]c2c1)c1c(Cl)cccc1Cl. The van der Waals surface area contributed by atoms with Crippen molar-refractivity contribution in [2.75, 3.05) is 10.6 Å². The normalized spacial score (nSPS) is 20.6. The number of carbonyl (C=O) groups is 2. The number of aromatic amines is 1. The molecule has 4 aromatic rings. The first kappa shape index (κ1) is 23.1. The van der Waals surface area contributed by atoms with Crippen molar-refractivity contribution in [2.24, 2.45) is 17.8 Å². The molecule has 2 amide bonds. The molecule has 3 atom stereocenters. The van der Waals surface area contributed by atoms with Gasteiger partial charge in [-0.25, -0.2) is 4.98 Å². The number of benzene rings is 3. The summed E-state index contributed by atoms with van der Waals surface area (Å²) in [7, 11) is 0. The van der Waals surface area contributed by atoms with Crippen LogP contribution in [0.4, 0.5) is 11.4 Å². The maximum Gasteiger partial charge on any atom is 0.258 e. The van der Waals surface area contributed by atoms with Gasteiger partial charge in [-0.2, -0.15) is 0 Å². The lowest BCUT2D eigenvalue weighted by Crippen LogP contribution is -2.27. The number of hydrogen-bond donors (Lipinski definition) is 3. The summed E-state index contributed by atoms with van der Waals surface area (Å²) >= 11 is 12.3. The lowest BCUT2D eigenvalue weighted by Gasteiger charge is -2.20. The number of H-pyrrole nitrogens is 1. The van der Waals surface area contributed by atoms with Crippen LogP contribution in [0.2, 0.25) is 10.0 Å². The summed E-state index contributed by atoms with van der Waals surface area (Å²) in [4.78, 5) is 33.4. The van der Waals surface area contributed by atoms with Crippen LogP contribution in [0.3, 0.4) is 0 Å². The fourth-order valence-electron chi connectivity index (χ4n) is 5.64. The van der Waals surface area contributed by atoms with Crippen molar-refractivity contribution in [2.45, 2.75) is 25.7 Å². The van der Waals surface area contributed by atoms with Crippen LogP contribution in [-0.4, -0.2) is 21.8 Å². The maximum atomic E-state index is 12.7. The molecule has 6 nitrogen and oxygen atoms in total. The Morgan fingerprint density at radius 3 is 2.33 bits per heavy atom. The molecule has 1 heterocycles. The Balaban J connectivity index is 1.16. The second kappa shape index (κ2) is 9.26. The number of halogens is 2. The van der Waals surface area contributed by atoms with Gasteiger partial charge in [0, 0.05) is 22.9 Å². The largest absolute Gasteiger partial charge is 0.338 e. The fourth-order valence-corrected chi connectivity index (χ4v) is 6.21. The average Bonchev–Trinajstić information content (AvgIpc) is 3.60. The Morgan fingerprint density at radius 1 is 0.889 bits per heavy atom. The van der Waals surface area contributed by atoms with E-state index >= 15 is 0 Å². The Labute approximate surface area is 218 Å². The Morgan fingerprint density at radius 2 is 1.64 bits per heavy atom. The lowest BCUT2D eigenvalue weighted by molar-refractivity contribution is -0.121. The molecular weight excluding hydrogens is 495 g/mol. The van der Waals surface area contributed by atoms with Crippen molar-refractivity contribution < 1.29 is 9.59 Å². The van der Waals surface area contributed by atoms with E-state index in [1.165, 1.54) is 19.3 Å². The number of aromatic nitrogens is 2. The van der Waals surface area contributed by atoms with Crippen molar-refractivity contribution in [1.82, 2.24) is 9.97 Å². The molecular formula is C28H24Cl2N4O2. The molecule has 3 unspecified atom stereocenters. The molecule has 0 radical (unpaired) electrons. The fraction of sp³-hybridized carbons (Fsp3) is 0.250. The Hall–Kier alpha value is -3.35. The molecule has 6 rings (SSSR count). The number of nitrogens with one attached hydrogen (secondary N) is 3. The van der Waals surface area contributed by atoms with Crippen LogP contribution in [0, 0.1) is 17.8 Å². The third-order valence-electron chi connectivity index (χ3n) is 7.43. The third-order valence-corrected chi connectivity index (χ3v) is 8.06. The van der Waals surface area contributed by atoms with Crippen molar-refractivity contribution >= 4 is 57.4 Å². The van der Waals surface area contributed by atoms with E-state index < -0.39 is 0 Å². The second-order valence-corrected chi connectivity index (χ2v) is 10.5. The van der Waals surface area contributed by atoms with Gasteiger partial charge in [-0.15, -0.1) is 0 Å². The molecule has 2 fully saturated rings. The average molecular weight is 519 g/mol. The highest BCUT2D eigenvalue weighted by Gasteiger charge is 2.43. The number of amides is 2. The highest BCUT2D eigenvalue weighted by Crippen LogP contribution is 2.48. The van der Waals surface area contributed by atoms with Crippen LogP contribution in [0.5, 0.6) is 0 Å². The van der Waals surface area contributed by atoms with E-state index in [-0.39, 0.29) is 23.3 Å². The third kappa shape index (κ3) is 4.36. The second-order valence-electron chi connectivity index (χ2n) is 9.72. The van der Waals surface area contributed by atoms with Crippen molar-refractivity contribution in [3.8, 4) is 11.4 Å². The van der Waals surface area contributed by atoms with E-state index in [1.807, 2.05) is 36.4 Å². The summed E-state index contributed by atoms with van der Waals surface area (Å²) in [5.41, 5.74) is 4.08. The van der Waals surface area contributed by atoms with Gasteiger partial charge in [0.1, 0.15) is 5.82 Å². The van der Waals surface area contributed by atoms with Gasteiger partial charge in [-0.1, -0.05) is 35.7 Å². The molecule has 0 saturated heterocycles. The summed E-state index contributed by atoms with van der Waals surface area (Å²) in [6.07, 6.45) is 4.71. The van der Waals surface area contributed by atoms with Crippen LogP contribution in [0.1, 0.15) is 36.0 Å². The zero-order chi connectivity index (χ0) is 24.8. The van der Waals surface area contributed by atoms with E-state index in [2.05, 4.69) is 20.6 Å². The van der Waals surface area contributed by atoms with Gasteiger partial charge in [0.15, 0.2) is 0 Å². The standard InChI is InChI=1S/C28H24Cl2N4O2/c29-21-2-1-3-22(30)25(21)28(36)32-19-10-11-23-24(14-19)34-26(33-23)16-6-8-18(9-7-16)31-27(35)20-13-15-4-5-17(20)12-15/h1-3,6-11,14-15,17,20H,4-5,12-13H2,(H,31,35)(H,32,36)(H,33,34). The van der Waals surface area contributed by atoms with Crippen molar-refractivity contribution in [1.29, 1.82) is 0 Å². The van der Waals surface area contributed by atoms with Gasteiger partial charge in [-0.3, -0.25) is 9.59 Å². The molecule has 2 aliphatic carbocycles. The quantitative estimate of drug-likeness (QED) is 0.261. The van der Waals surface area contributed by atoms with Gasteiger partial charge < -0.3 is 15.6 Å². The number of carbonyl (C=O) groups excluding carboxylic acids is 2. The lowest BCUT2D eigenvalue weighted by atomic mass is 9.88. The highest BCUT2D eigenvalue weighted by atomic mass is 35.5. The monoisotopic (exact) mass is 518 g/mol. The Bertz CT molecular complexity index is 1460. The summed E-state index contributed by atoms with van der Waals surface area (Å²) in [6.45, 7) is 0. The van der Waals surface area contributed by atoms with Crippen molar-refractivity contribution in [3.05, 3.63) is 76.3 Å². The smallest absolute Gasteiger partial charge is 0.258 e. The van der Waals surface area contributed by atoms with E-state index in [1.54, 1.807) is 24.3 Å². The molecule has 0 spiro atoms. The zero-order valence-electron chi connectivity index (χ0n) is 19.4. The van der Waals surface area contributed by atoms with Crippen LogP contribution in [0.15, 0.2) is 60.7 Å². The number of nitrogens with zero attached hydrogens (tertiary/aromatic N) is 1. The van der Waals surface area contributed by atoms with Crippen LogP contribution < -0.4 is 10.6 Å². The van der Waals surface area contributed by atoms with Crippen LogP contribution in [-0.2, 0) is 4.79 Å². The maximum absolute atomic E-state index is 12.7. The summed E-state index contributed by atoms with van der Waals surface area (Å²) in [6, 6.07) is 18.1. The van der Waals surface area contributed by atoms with Gasteiger partial charge >= 0.3 is 0 Å². The molecule has 3 aromatic carbocycles. The molecule has 2 bridgehead atoms. The molecule has 0 aliphatic heterocycles. The molecule has 2 aliphatic rings. The predicted octanol–water partition coefficient (Wildman–Crippen LogP) is 7.16. The molecule has 36 heavy (non-hydrogen) atoms. The zero-order valence-corrected chi connectivity index (χ0v) is 20.9. The van der Waals surface area contributed by atoms with E-state index in [4.69, 9.17) is 23.2 Å². The Kier molecular flexibility index (Phi) is 5.94.